The third kappa shape index (κ3) is 5.82. The number of carbonyl (C=O) groups is 1. The van der Waals surface area contributed by atoms with Crippen molar-refractivity contribution >= 4 is 27.3 Å². The quantitative estimate of drug-likeness (QED) is 0.742. The molecule has 2 rings (SSSR count). The summed E-state index contributed by atoms with van der Waals surface area (Å²) >= 11 is 0. The van der Waals surface area contributed by atoms with Crippen LogP contribution in [-0.4, -0.2) is 27.1 Å². The van der Waals surface area contributed by atoms with E-state index in [1.165, 1.54) is 5.56 Å². The van der Waals surface area contributed by atoms with Crippen molar-refractivity contribution in [2.45, 2.75) is 40.0 Å². The maximum absolute atomic E-state index is 12.5. The Morgan fingerprint density at radius 3 is 2.33 bits per heavy atom. The zero-order valence-corrected chi connectivity index (χ0v) is 17.3. The number of benzene rings is 2. The van der Waals surface area contributed by atoms with Gasteiger partial charge in [-0.05, 0) is 61.6 Å². The van der Waals surface area contributed by atoms with Crippen LogP contribution >= 0.6 is 0 Å². The number of rotatable bonds is 8. The molecule has 2 aromatic rings. The second-order valence-electron chi connectivity index (χ2n) is 6.84. The highest BCUT2D eigenvalue weighted by Gasteiger charge is 2.22. The molecule has 0 aliphatic heterocycles. The molecule has 1 N–H and O–H groups in total. The van der Waals surface area contributed by atoms with Gasteiger partial charge in [-0.15, -0.1) is 0 Å². The molecule has 0 heterocycles. The van der Waals surface area contributed by atoms with E-state index >= 15 is 0 Å². The van der Waals surface area contributed by atoms with Crippen LogP contribution in [0.3, 0.4) is 0 Å². The number of hydrogen-bond acceptors (Lipinski definition) is 3. The molecule has 27 heavy (non-hydrogen) atoms. The number of amides is 1. The van der Waals surface area contributed by atoms with E-state index in [1.807, 2.05) is 44.2 Å². The standard InChI is InChI=1S/C21H28N2O3S/c1-5-6-9-18-11-13-19(14-12-18)22-21(24)15-23(27(4,25)26)20-10-7-8-16(2)17(20)3/h7-8,10-14H,5-6,9,15H2,1-4H3,(H,22,24). The van der Waals surface area contributed by atoms with E-state index in [1.54, 1.807) is 12.1 Å². The predicted molar refractivity (Wildman–Crippen MR) is 112 cm³/mol. The van der Waals surface area contributed by atoms with E-state index in [9.17, 15) is 13.2 Å². The smallest absolute Gasteiger partial charge is 0.245 e. The molecule has 6 heteroatoms. The largest absolute Gasteiger partial charge is 0.325 e. The first-order valence-corrected chi connectivity index (χ1v) is 11.0. The lowest BCUT2D eigenvalue weighted by Gasteiger charge is -2.24. The van der Waals surface area contributed by atoms with Gasteiger partial charge < -0.3 is 5.32 Å². The second kappa shape index (κ2) is 9.04. The Bertz CT molecular complexity index is 890. The van der Waals surface area contributed by atoms with Gasteiger partial charge in [-0.1, -0.05) is 37.6 Å². The van der Waals surface area contributed by atoms with Gasteiger partial charge in [-0.3, -0.25) is 9.10 Å². The third-order valence-electron chi connectivity index (χ3n) is 4.59. The van der Waals surface area contributed by atoms with Crippen LogP contribution in [-0.2, 0) is 21.2 Å². The summed E-state index contributed by atoms with van der Waals surface area (Å²) in [5, 5.41) is 2.79. The molecule has 2 aromatic carbocycles. The topological polar surface area (TPSA) is 66.5 Å². The number of nitrogens with zero attached hydrogens (tertiary/aromatic N) is 1. The molecule has 0 atom stereocenters. The predicted octanol–water partition coefficient (Wildman–Crippen LogP) is 4.05. The van der Waals surface area contributed by atoms with Gasteiger partial charge in [0.1, 0.15) is 6.54 Å². The van der Waals surface area contributed by atoms with E-state index < -0.39 is 10.0 Å². The SMILES string of the molecule is CCCCc1ccc(NC(=O)CN(c2cccc(C)c2C)S(C)(=O)=O)cc1. The summed E-state index contributed by atoms with van der Waals surface area (Å²) in [5.74, 6) is -0.373. The van der Waals surface area contributed by atoms with Crippen molar-refractivity contribution in [3.8, 4) is 0 Å². The number of nitrogens with one attached hydrogen (secondary N) is 1. The fraction of sp³-hybridized carbons (Fsp3) is 0.381. The van der Waals surface area contributed by atoms with Crippen LogP contribution in [0.1, 0.15) is 36.5 Å². The molecule has 0 fully saturated rings. The number of carbonyl (C=O) groups excluding carboxylic acids is 1. The highest BCUT2D eigenvalue weighted by molar-refractivity contribution is 7.92. The molecule has 0 saturated carbocycles. The fourth-order valence-corrected chi connectivity index (χ4v) is 3.76. The van der Waals surface area contributed by atoms with Gasteiger partial charge in [-0.2, -0.15) is 0 Å². The Labute approximate surface area is 162 Å². The minimum absolute atomic E-state index is 0.263. The van der Waals surface area contributed by atoms with Gasteiger partial charge in [0, 0.05) is 5.69 Å². The molecule has 0 saturated heterocycles. The van der Waals surface area contributed by atoms with Crippen LogP contribution in [0.25, 0.3) is 0 Å². The summed E-state index contributed by atoms with van der Waals surface area (Å²) in [7, 11) is -3.59. The molecule has 0 spiro atoms. The van der Waals surface area contributed by atoms with E-state index in [0.717, 1.165) is 41.0 Å². The third-order valence-corrected chi connectivity index (χ3v) is 5.72. The number of sulfonamides is 1. The molecule has 1 amide bonds. The average Bonchev–Trinajstić information content (AvgIpc) is 2.61. The average molecular weight is 389 g/mol. The van der Waals surface area contributed by atoms with Gasteiger partial charge in [0.25, 0.3) is 0 Å². The molecular formula is C21H28N2O3S. The van der Waals surface area contributed by atoms with Crippen molar-refractivity contribution in [3.05, 3.63) is 59.2 Å². The number of unbranched alkanes of at least 4 members (excludes halogenated alkanes) is 1. The van der Waals surface area contributed by atoms with Crippen molar-refractivity contribution in [1.29, 1.82) is 0 Å². The molecule has 0 aromatic heterocycles. The summed E-state index contributed by atoms with van der Waals surface area (Å²) in [4.78, 5) is 12.5. The van der Waals surface area contributed by atoms with E-state index in [0.29, 0.717) is 11.4 Å². The summed E-state index contributed by atoms with van der Waals surface area (Å²) in [6.45, 7) is 5.66. The van der Waals surface area contributed by atoms with Crippen LogP contribution in [0.4, 0.5) is 11.4 Å². The minimum Gasteiger partial charge on any atom is -0.325 e. The normalized spacial score (nSPS) is 11.3. The second-order valence-corrected chi connectivity index (χ2v) is 8.74. The van der Waals surface area contributed by atoms with Gasteiger partial charge in [0.05, 0.1) is 11.9 Å². The van der Waals surface area contributed by atoms with E-state index in [4.69, 9.17) is 0 Å². The van der Waals surface area contributed by atoms with Gasteiger partial charge in [-0.25, -0.2) is 8.42 Å². The Kier molecular flexibility index (Phi) is 7.02. The molecule has 0 aliphatic carbocycles. The number of hydrogen-bond donors (Lipinski definition) is 1. The molecule has 0 radical (unpaired) electrons. The summed E-state index contributed by atoms with van der Waals surface area (Å²) in [5.41, 5.74) is 4.24. The van der Waals surface area contributed by atoms with Crippen LogP contribution < -0.4 is 9.62 Å². The summed E-state index contributed by atoms with van der Waals surface area (Å²) in [6.07, 6.45) is 4.40. The molecule has 0 aliphatic rings. The molecule has 5 nitrogen and oxygen atoms in total. The highest BCUT2D eigenvalue weighted by atomic mass is 32.2. The Morgan fingerprint density at radius 1 is 1.07 bits per heavy atom. The van der Waals surface area contributed by atoms with Crippen molar-refractivity contribution in [2.24, 2.45) is 0 Å². The van der Waals surface area contributed by atoms with Crippen LogP contribution in [0.2, 0.25) is 0 Å². The maximum Gasteiger partial charge on any atom is 0.245 e. The van der Waals surface area contributed by atoms with Crippen molar-refractivity contribution in [2.75, 3.05) is 22.4 Å². The highest BCUT2D eigenvalue weighted by Crippen LogP contribution is 2.25. The van der Waals surface area contributed by atoms with Gasteiger partial charge in [0.2, 0.25) is 15.9 Å². The number of aryl methyl sites for hydroxylation is 2. The summed E-state index contributed by atoms with van der Waals surface area (Å²) < 4.78 is 25.7. The molecule has 0 unspecified atom stereocenters. The molecular weight excluding hydrogens is 360 g/mol. The van der Waals surface area contributed by atoms with Crippen molar-refractivity contribution < 1.29 is 13.2 Å². The van der Waals surface area contributed by atoms with Crippen LogP contribution in [0.5, 0.6) is 0 Å². The number of anilines is 2. The first-order chi connectivity index (χ1) is 12.7. The lowest BCUT2D eigenvalue weighted by atomic mass is 10.1. The first-order valence-electron chi connectivity index (χ1n) is 9.15. The van der Waals surface area contributed by atoms with Gasteiger partial charge >= 0.3 is 0 Å². The van der Waals surface area contributed by atoms with Gasteiger partial charge in [0.15, 0.2) is 0 Å². The Balaban J connectivity index is 2.14. The van der Waals surface area contributed by atoms with Crippen LogP contribution in [0.15, 0.2) is 42.5 Å². The van der Waals surface area contributed by atoms with Crippen molar-refractivity contribution in [1.82, 2.24) is 0 Å². The fourth-order valence-electron chi connectivity index (χ4n) is 2.85. The lowest BCUT2D eigenvalue weighted by Crippen LogP contribution is -2.38. The lowest BCUT2D eigenvalue weighted by molar-refractivity contribution is -0.114. The van der Waals surface area contributed by atoms with E-state index in [-0.39, 0.29) is 12.5 Å². The Hall–Kier alpha value is -2.34. The van der Waals surface area contributed by atoms with Crippen molar-refractivity contribution in [3.63, 3.8) is 0 Å². The monoisotopic (exact) mass is 388 g/mol. The zero-order chi connectivity index (χ0) is 20.0. The molecule has 146 valence electrons. The Morgan fingerprint density at radius 2 is 1.74 bits per heavy atom. The summed E-state index contributed by atoms with van der Waals surface area (Å²) in [6, 6.07) is 13.1. The zero-order valence-electron chi connectivity index (χ0n) is 16.5. The maximum atomic E-state index is 12.5. The van der Waals surface area contributed by atoms with Crippen LogP contribution in [0, 0.1) is 13.8 Å². The minimum atomic E-state index is -3.59. The first kappa shape index (κ1) is 21.0. The van der Waals surface area contributed by atoms with E-state index in [2.05, 4.69) is 12.2 Å². The molecule has 0 bridgehead atoms.